The van der Waals surface area contributed by atoms with Gasteiger partial charge >= 0.3 is 0 Å². The van der Waals surface area contributed by atoms with E-state index in [1.54, 1.807) is 13.1 Å². The summed E-state index contributed by atoms with van der Waals surface area (Å²) in [5, 5.41) is 0.420. The second-order valence-electron chi connectivity index (χ2n) is 8.07. The van der Waals surface area contributed by atoms with Crippen molar-refractivity contribution in [1.82, 2.24) is 4.90 Å². The molecule has 0 bridgehead atoms. The van der Waals surface area contributed by atoms with Crippen LogP contribution in [-0.4, -0.2) is 42.6 Å². The first-order valence-electron chi connectivity index (χ1n) is 10.0. The number of hydrogen-bond donors (Lipinski definition) is 1. The highest BCUT2D eigenvalue weighted by molar-refractivity contribution is 6.31. The molecule has 3 heterocycles. The number of nitrogens with zero attached hydrogens (tertiary/aromatic N) is 2. The highest BCUT2D eigenvalue weighted by Gasteiger charge is 2.58. The Kier molecular flexibility index (Phi) is 5.24. The molecule has 1 amide bonds. The van der Waals surface area contributed by atoms with Crippen LogP contribution in [0, 0.1) is 0 Å². The number of amides is 1. The molecular formula is C23H26ClN3O3. The number of fused-ring (bicyclic) bond motifs is 2. The molecule has 1 saturated heterocycles. The van der Waals surface area contributed by atoms with E-state index in [4.69, 9.17) is 31.8 Å². The molecule has 6 nitrogen and oxygen atoms in total. The van der Waals surface area contributed by atoms with E-state index in [2.05, 4.69) is 6.58 Å². The molecule has 158 valence electrons. The van der Waals surface area contributed by atoms with E-state index in [1.807, 2.05) is 37.3 Å². The average molecular weight is 428 g/mol. The molecule has 0 aromatic heterocycles. The second kappa shape index (κ2) is 7.60. The van der Waals surface area contributed by atoms with Crippen LogP contribution in [0.15, 0.2) is 53.0 Å². The fraction of sp³-hybridized carbons (Fsp3) is 0.391. The predicted octanol–water partition coefficient (Wildman–Crippen LogP) is 3.71. The lowest BCUT2D eigenvalue weighted by molar-refractivity contribution is -0.139. The third-order valence-corrected chi connectivity index (χ3v) is 6.02. The maximum atomic E-state index is 13.4. The summed E-state index contributed by atoms with van der Waals surface area (Å²) in [5.41, 5.74) is 6.86. The number of hydrogen-bond acceptors (Lipinski definition) is 5. The molecule has 3 aliphatic heterocycles. The van der Waals surface area contributed by atoms with Gasteiger partial charge in [0.1, 0.15) is 11.4 Å². The fourth-order valence-electron chi connectivity index (χ4n) is 4.57. The number of likely N-dealkylation sites (N-methyl/N-ethyl adjacent to an activating group) is 1. The molecular weight excluding hydrogens is 402 g/mol. The first-order chi connectivity index (χ1) is 14.3. The summed E-state index contributed by atoms with van der Waals surface area (Å²) in [6.45, 7) is 6.83. The first kappa shape index (κ1) is 20.7. The molecule has 2 N–H and O–H groups in total. The van der Waals surface area contributed by atoms with Crippen molar-refractivity contribution in [2.24, 2.45) is 10.7 Å². The summed E-state index contributed by atoms with van der Waals surface area (Å²) < 4.78 is 12.2. The van der Waals surface area contributed by atoms with E-state index >= 15 is 0 Å². The molecule has 4 rings (SSSR count). The van der Waals surface area contributed by atoms with Crippen LogP contribution in [0.4, 0.5) is 0 Å². The largest absolute Gasteiger partial charge is 0.484 e. The quantitative estimate of drug-likeness (QED) is 0.746. The van der Waals surface area contributed by atoms with Crippen molar-refractivity contribution in [2.45, 2.75) is 37.3 Å². The zero-order valence-electron chi connectivity index (χ0n) is 17.3. The molecule has 3 aliphatic rings. The summed E-state index contributed by atoms with van der Waals surface area (Å²) in [4.78, 5) is 19.6. The summed E-state index contributed by atoms with van der Waals surface area (Å²) >= 11 is 6.04. The van der Waals surface area contributed by atoms with Gasteiger partial charge in [0, 0.05) is 30.7 Å². The Balaban J connectivity index is 1.90. The van der Waals surface area contributed by atoms with E-state index in [-0.39, 0.29) is 11.9 Å². The SMILES string of the molecule is C=C(Cl)C=C(C=CC)c1ccc2c(c1)C1(CC3(CCCOC3)O2)N=C(N)N(C)C1=O. The molecule has 1 aromatic rings. The van der Waals surface area contributed by atoms with Crippen molar-refractivity contribution in [3.8, 4) is 5.75 Å². The van der Waals surface area contributed by atoms with Gasteiger partial charge in [-0.2, -0.15) is 0 Å². The van der Waals surface area contributed by atoms with Gasteiger partial charge in [0.05, 0.1) is 6.61 Å². The lowest BCUT2D eigenvalue weighted by Crippen LogP contribution is -2.55. The van der Waals surface area contributed by atoms with E-state index in [0.29, 0.717) is 36.0 Å². The van der Waals surface area contributed by atoms with Crippen LogP contribution in [0.2, 0.25) is 0 Å². The number of nitrogens with two attached hydrogens (primary N) is 1. The highest BCUT2D eigenvalue weighted by atomic mass is 35.5. The topological polar surface area (TPSA) is 77.2 Å². The number of carbonyl (C=O) groups is 1. The zero-order valence-corrected chi connectivity index (χ0v) is 18.0. The molecule has 1 aromatic carbocycles. The molecule has 1 fully saturated rings. The van der Waals surface area contributed by atoms with Gasteiger partial charge in [-0.05, 0) is 49.1 Å². The van der Waals surface area contributed by atoms with Crippen LogP contribution in [0.1, 0.15) is 37.3 Å². The third-order valence-electron chi connectivity index (χ3n) is 5.91. The monoisotopic (exact) mass is 427 g/mol. The molecule has 30 heavy (non-hydrogen) atoms. The number of guanidine groups is 1. The van der Waals surface area contributed by atoms with Gasteiger partial charge in [0.15, 0.2) is 11.5 Å². The van der Waals surface area contributed by atoms with Gasteiger partial charge in [-0.1, -0.05) is 36.4 Å². The lowest BCUT2D eigenvalue weighted by atomic mass is 9.74. The van der Waals surface area contributed by atoms with Crippen molar-refractivity contribution in [3.63, 3.8) is 0 Å². The Morgan fingerprint density at radius 3 is 2.83 bits per heavy atom. The van der Waals surface area contributed by atoms with Crippen LogP contribution in [0.5, 0.6) is 5.75 Å². The minimum atomic E-state index is -1.12. The lowest BCUT2D eigenvalue weighted by Gasteiger charge is -2.46. The zero-order chi connectivity index (χ0) is 21.5. The fourth-order valence-corrected chi connectivity index (χ4v) is 4.68. The second-order valence-corrected chi connectivity index (χ2v) is 8.56. The predicted molar refractivity (Wildman–Crippen MR) is 118 cm³/mol. The van der Waals surface area contributed by atoms with Gasteiger partial charge in [0.2, 0.25) is 0 Å². The van der Waals surface area contributed by atoms with Crippen molar-refractivity contribution < 1.29 is 14.3 Å². The van der Waals surface area contributed by atoms with E-state index < -0.39 is 11.1 Å². The van der Waals surface area contributed by atoms with Crippen LogP contribution in [0.25, 0.3) is 5.57 Å². The maximum Gasteiger partial charge on any atom is 0.261 e. The molecule has 0 aliphatic carbocycles. The smallest absolute Gasteiger partial charge is 0.261 e. The number of carbonyl (C=O) groups excluding carboxylic acids is 1. The van der Waals surface area contributed by atoms with Crippen LogP contribution in [0.3, 0.4) is 0 Å². The number of ether oxygens (including phenoxy) is 2. The molecule has 0 radical (unpaired) electrons. The van der Waals surface area contributed by atoms with Gasteiger partial charge < -0.3 is 15.2 Å². The van der Waals surface area contributed by atoms with Gasteiger partial charge in [-0.3, -0.25) is 9.69 Å². The number of halogens is 1. The van der Waals surface area contributed by atoms with E-state index in [1.165, 1.54) is 4.90 Å². The van der Waals surface area contributed by atoms with Gasteiger partial charge in [-0.15, -0.1) is 0 Å². The molecule has 0 saturated carbocycles. The van der Waals surface area contributed by atoms with Crippen molar-refractivity contribution in [2.75, 3.05) is 20.3 Å². The van der Waals surface area contributed by atoms with Crippen molar-refractivity contribution in [1.29, 1.82) is 0 Å². The number of benzene rings is 1. The molecule has 2 atom stereocenters. The Hall–Kier alpha value is -2.57. The molecule has 2 spiro atoms. The number of rotatable bonds is 3. The van der Waals surface area contributed by atoms with E-state index in [0.717, 1.165) is 24.0 Å². The number of aliphatic imine (C=N–C) groups is 1. The van der Waals surface area contributed by atoms with Crippen LogP contribution in [-0.2, 0) is 15.1 Å². The number of allylic oxidation sites excluding steroid dienone is 5. The average Bonchev–Trinajstić information content (AvgIpc) is 2.92. The maximum absolute atomic E-state index is 13.4. The third kappa shape index (κ3) is 3.34. The molecule has 7 heteroatoms. The van der Waals surface area contributed by atoms with Gasteiger partial charge in [0.25, 0.3) is 5.91 Å². The molecule has 2 unspecified atom stereocenters. The highest BCUT2D eigenvalue weighted by Crippen LogP contribution is 2.51. The Morgan fingerprint density at radius 2 is 2.23 bits per heavy atom. The summed E-state index contributed by atoms with van der Waals surface area (Å²) in [6.07, 6.45) is 7.73. The van der Waals surface area contributed by atoms with Crippen molar-refractivity contribution >= 4 is 29.0 Å². The van der Waals surface area contributed by atoms with Crippen LogP contribution >= 0.6 is 11.6 Å². The van der Waals surface area contributed by atoms with E-state index in [9.17, 15) is 4.79 Å². The Morgan fingerprint density at radius 1 is 1.43 bits per heavy atom. The minimum Gasteiger partial charge on any atom is -0.484 e. The Labute approximate surface area is 181 Å². The Bertz CT molecular complexity index is 991. The van der Waals surface area contributed by atoms with Crippen LogP contribution < -0.4 is 10.5 Å². The first-order valence-corrected chi connectivity index (χ1v) is 10.4. The standard InChI is InChI=1S/C23H26ClN3O3/c1-4-6-16(11-15(2)24)17-7-8-19-18(12-17)23(20(28)27(3)21(25)26-23)13-22(30-19)9-5-10-29-14-22/h4,6-8,11-12H,2,5,9-10,13-14H2,1,3H3,(H2,25,26). The van der Waals surface area contributed by atoms with Gasteiger partial charge in [-0.25, -0.2) is 4.99 Å². The summed E-state index contributed by atoms with van der Waals surface area (Å²) in [5.74, 6) is 0.702. The summed E-state index contributed by atoms with van der Waals surface area (Å²) in [6, 6.07) is 5.80. The minimum absolute atomic E-state index is 0.148. The van der Waals surface area contributed by atoms with Crippen molar-refractivity contribution in [3.05, 3.63) is 59.2 Å². The summed E-state index contributed by atoms with van der Waals surface area (Å²) in [7, 11) is 1.65. The normalized spacial score (nSPS) is 28.8.